The van der Waals surface area contributed by atoms with Crippen LogP contribution in [0.4, 0.5) is 21.0 Å². The lowest BCUT2D eigenvalue weighted by atomic mass is 9.72. The highest BCUT2D eigenvalue weighted by Gasteiger charge is 3.01. The van der Waals surface area contributed by atoms with Gasteiger partial charge in [-0.05, 0) is 53.6 Å². The molecule has 3 fully saturated rings. The number of fused-ring (bicyclic) bond motifs is 6. The molecule has 3 saturated carbocycles. The zero-order chi connectivity index (χ0) is 45.8. The second-order valence-corrected chi connectivity index (χ2v) is 20.1. The number of ether oxygens (including phenoxy) is 2. The molecule has 0 saturated heterocycles. The zero-order valence-electron chi connectivity index (χ0n) is 36.0. The van der Waals surface area contributed by atoms with Gasteiger partial charge in [-0.15, -0.1) is 23.2 Å². The number of amides is 4. The van der Waals surface area contributed by atoms with E-state index >= 15 is 0 Å². The third-order valence-electron chi connectivity index (χ3n) is 14.6. The van der Waals surface area contributed by atoms with E-state index in [0.29, 0.717) is 53.3 Å². The number of aryl methyl sites for hydroxylation is 1. The fraction of sp³-hybridized carbons (Fsp3) is 0.375. The molecule has 2 aliphatic heterocycles. The molecule has 5 aromatic carbocycles. The van der Waals surface area contributed by atoms with Crippen LogP contribution in [0.1, 0.15) is 53.4 Å². The first-order valence-corrected chi connectivity index (χ1v) is 24.1. The molecule has 338 valence electrons. The number of alkyl halides is 2. The minimum atomic E-state index is -4.94. The summed E-state index contributed by atoms with van der Waals surface area (Å²) in [7, 11) is -1.75. The SMILES string of the molecule is Cc1ccc(COC(=O)N(C)CCN(C)C(=O)Oc2cc3c(c4ccccc24)C(CCl)CN3C(=O)C23CC4(C(=O)N5C[C@@H](CCl)c6c5cc(OP(=O)(O)O)c5ccccc65)CC24C3)cc1. The number of phosphoric ester groups is 1. The molecular formula is C48H47Cl2N4O10P. The Hall–Kier alpha value is -5.37. The lowest BCUT2D eigenvalue weighted by Gasteiger charge is -2.37. The summed E-state index contributed by atoms with van der Waals surface area (Å²) in [4.78, 5) is 81.9. The van der Waals surface area contributed by atoms with Crippen LogP contribution in [0.15, 0.2) is 84.9 Å². The van der Waals surface area contributed by atoms with E-state index in [9.17, 15) is 33.5 Å². The number of hydrogen-bond acceptors (Lipinski definition) is 8. The van der Waals surface area contributed by atoms with Gasteiger partial charge in [0.25, 0.3) is 0 Å². The van der Waals surface area contributed by atoms with Crippen LogP contribution in [0, 0.1) is 23.2 Å². The van der Waals surface area contributed by atoms with Crippen molar-refractivity contribution < 1.29 is 47.5 Å². The molecule has 4 unspecified atom stereocenters. The summed E-state index contributed by atoms with van der Waals surface area (Å²) in [5, 5.41) is 2.71. The van der Waals surface area contributed by atoms with Gasteiger partial charge in [0.05, 0.1) is 22.2 Å². The Bertz CT molecular complexity index is 2890. The van der Waals surface area contributed by atoms with Gasteiger partial charge in [-0.1, -0.05) is 78.4 Å². The maximum atomic E-state index is 15.0. The van der Waals surface area contributed by atoms with Crippen molar-refractivity contribution in [3.63, 3.8) is 0 Å². The average Bonchev–Trinajstić information content (AvgIpc) is 3.80. The predicted octanol–water partition coefficient (Wildman–Crippen LogP) is 8.68. The number of anilines is 2. The second-order valence-electron chi connectivity index (χ2n) is 18.3. The molecule has 0 aromatic heterocycles. The van der Waals surface area contributed by atoms with Crippen LogP contribution in [-0.4, -0.2) is 95.6 Å². The third kappa shape index (κ3) is 6.85. The highest BCUT2D eigenvalue weighted by atomic mass is 35.5. The lowest BCUT2D eigenvalue weighted by Crippen LogP contribution is -2.49. The first kappa shape index (κ1) is 43.5. The standard InChI is InChI=1S/C48H47Cl2N4O10P/c1-28-12-14-29(15-13-28)24-62-44(57)51(2)16-17-52(3)45(58)63-38-18-36-40(34-10-6-4-8-32(34)38)30(20-49)22-53(36)42(55)46-25-47(27-48(46,47)26-46)43(56)54-23-31(21-50)41-35-11-7-5-9-33(35)39(19-37(41)54)64-65(59,60)61/h4-15,18-19,30-31H,16-17,20-27H2,1-3H3,(H2,59,60,61)/t30?,31-,46?,47?,48?/m1/s1. The van der Waals surface area contributed by atoms with Gasteiger partial charge >= 0.3 is 20.0 Å². The number of hydrogen-bond donors (Lipinski definition) is 2. The summed E-state index contributed by atoms with van der Waals surface area (Å²) in [6, 6.07) is 25.7. The van der Waals surface area contributed by atoms with Gasteiger partial charge in [0, 0.05) is 92.2 Å². The Morgan fingerprint density at radius 1 is 0.708 bits per heavy atom. The van der Waals surface area contributed by atoms with E-state index < -0.39 is 36.3 Å². The van der Waals surface area contributed by atoms with Crippen LogP contribution in [0.2, 0.25) is 0 Å². The summed E-state index contributed by atoms with van der Waals surface area (Å²) >= 11 is 13.1. The van der Waals surface area contributed by atoms with Crippen molar-refractivity contribution in [1.82, 2.24) is 9.80 Å². The van der Waals surface area contributed by atoms with Crippen LogP contribution in [0.5, 0.6) is 11.5 Å². The molecule has 17 heteroatoms. The zero-order valence-corrected chi connectivity index (χ0v) is 38.4. The first-order chi connectivity index (χ1) is 31.0. The van der Waals surface area contributed by atoms with E-state index in [1.54, 1.807) is 42.1 Å². The van der Waals surface area contributed by atoms with Crippen LogP contribution in [0.25, 0.3) is 21.5 Å². The van der Waals surface area contributed by atoms with Crippen LogP contribution in [-0.2, 0) is 25.5 Å². The van der Waals surface area contributed by atoms with Crippen LogP contribution in [0.3, 0.4) is 0 Å². The smallest absolute Gasteiger partial charge is 0.445 e. The molecule has 0 bridgehead atoms. The number of benzene rings is 5. The topological polar surface area (TPSA) is 166 Å². The Kier molecular flexibility index (Phi) is 10.5. The van der Waals surface area contributed by atoms with Gasteiger partial charge in [-0.3, -0.25) is 19.4 Å². The van der Waals surface area contributed by atoms with Crippen molar-refractivity contribution in [3.05, 3.63) is 107 Å². The summed E-state index contributed by atoms with van der Waals surface area (Å²) < 4.78 is 28.7. The van der Waals surface area contributed by atoms with E-state index in [4.69, 9.17) is 37.2 Å². The monoisotopic (exact) mass is 940 g/mol. The van der Waals surface area contributed by atoms with Gasteiger partial charge in [-0.25, -0.2) is 14.2 Å². The maximum absolute atomic E-state index is 15.0. The Balaban J connectivity index is 0.865. The Morgan fingerprint density at radius 2 is 1.18 bits per heavy atom. The molecule has 5 aliphatic rings. The average molecular weight is 942 g/mol. The van der Waals surface area contributed by atoms with Crippen LogP contribution < -0.4 is 19.1 Å². The molecule has 65 heavy (non-hydrogen) atoms. The molecule has 2 heterocycles. The van der Waals surface area contributed by atoms with Crippen molar-refractivity contribution >= 4 is 87.9 Å². The highest BCUT2D eigenvalue weighted by Crippen LogP contribution is 3.01. The molecule has 2 N–H and O–H groups in total. The minimum Gasteiger partial charge on any atom is -0.445 e. The quantitative estimate of drug-likeness (QED) is 0.0913. The number of carbonyl (C=O) groups is 4. The van der Waals surface area contributed by atoms with Crippen molar-refractivity contribution in [2.75, 3.05) is 61.8 Å². The molecule has 0 radical (unpaired) electrons. The predicted molar refractivity (Wildman–Crippen MR) is 246 cm³/mol. The number of likely N-dealkylation sites (N-methyl/N-ethyl adjacent to an activating group) is 2. The van der Waals surface area contributed by atoms with E-state index in [-0.39, 0.29) is 73.2 Å². The van der Waals surface area contributed by atoms with Gasteiger partial charge in [0.15, 0.2) is 0 Å². The minimum absolute atomic E-state index is 0.0292. The summed E-state index contributed by atoms with van der Waals surface area (Å²) in [5.41, 5.74) is 2.80. The molecule has 3 aliphatic carbocycles. The molecule has 14 nitrogen and oxygen atoms in total. The van der Waals surface area contributed by atoms with E-state index in [1.807, 2.05) is 67.6 Å². The summed E-state index contributed by atoms with van der Waals surface area (Å²) in [6.07, 6.45) is 0.300. The summed E-state index contributed by atoms with van der Waals surface area (Å²) in [6.45, 7) is 3.08. The van der Waals surface area contributed by atoms with Gasteiger partial charge < -0.3 is 33.6 Å². The van der Waals surface area contributed by atoms with Crippen molar-refractivity contribution in [2.45, 2.75) is 44.6 Å². The first-order valence-electron chi connectivity index (χ1n) is 21.5. The molecule has 1 spiro atoms. The van der Waals surface area contributed by atoms with Crippen molar-refractivity contribution in [1.29, 1.82) is 0 Å². The number of phosphoric acid groups is 1. The molecule has 5 aromatic rings. The van der Waals surface area contributed by atoms with Gasteiger partial charge in [0.1, 0.15) is 18.1 Å². The second kappa shape index (κ2) is 15.6. The van der Waals surface area contributed by atoms with Gasteiger partial charge in [0.2, 0.25) is 11.8 Å². The largest absolute Gasteiger partial charge is 0.524 e. The number of rotatable bonds is 12. The number of nitrogens with zero attached hydrogens (tertiary/aromatic N) is 4. The van der Waals surface area contributed by atoms with Gasteiger partial charge in [-0.2, -0.15) is 0 Å². The fourth-order valence-electron chi connectivity index (χ4n) is 11.2. The van der Waals surface area contributed by atoms with Crippen LogP contribution >= 0.6 is 31.0 Å². The van der Waals surface area contributed by atoms with E-state index in [2.05, 4.69) is 0 Å². The molecule has 10 rings (SSSR count). The van der Waals surface area contributed by atoms with E-state index in [1.165, 1.54) is 15.9 Å². The lowest BCUT2D eigenvalue weighted by molar-refractivity contribution is -0.134. The number of halogens is 2. The van der Waals surface area contributed by atoms with Crippen molar-refractivity contribution in [2.24, 2.45) is 16.2 Å². The molecule has 5 atom stereocenters. The number of carbonyl (C=O) groups excluding carboxylic acids is 4. The molecular weight excluding hydrogens is 894 g/mol. The van der Waals surface area contributed by atoms with E-state index in [0.717, 1.165) is 27.6 Å². The highest BCUT2D eigenvalue weighted by molar-refractivity contribution is 7.46. The fourth-order valence-corrected chi connectivity index (χ4v) is 12.2. The Labute approximate surface area is 385 Å². The molecule has 4 amide bonds. The Morgan fingerprint density at radius 3 is 1.68 bits per heavy atom. The maximum Gasteiger partial charge on any atom is 0.524 e. The normalized spacial score (nSPS) is 24.4. The third-order valence-corrected chi connectivity index (χ3v) is 15.8. The van der Waals surface area contributed by atoms with Crippen molar-refractivity contribution in [3.8, 4) is 11.5 Å². The summed E-state index contributed by atoms with van der Waals surface area (Å²) in [5.74, 6) is 0.0892.